The Balaban J connectivity index is 2.28. The fourth-order valence-electron chi connectivity index (χ4n) is 3.01. The highest BCUT2D eigenvalue weighted by molar-refractivity contribution is 5.26. The molecule has 0 amide bonds. The summed E-state index contributed by atoms with van der Waals surface area (Å²) >= 11 is 0. The van der Waals surface area contributed by atoms with Crippen LogP contribution in [0.25, 0.3) is 0 Å². The van der Waals surface area contributed by atoms with Crippen molar-refractivity contribution >= 4 is 0 Å². The smallest absolute Gasteiger partial charge is 0.0403 e. The van der Waals surface area contributed by atoms with Crippen molar-refractivity contribution < 1.29 is 0 Å². The van der Waals surface area contributed by atoms with Crippen LogP contribution in [0.15, 0.2) is 18.5 Å². The summed E-state index contributed by atoms with van der Waals surface area (Å²) < 4.78 is 0. The van der Waals surface area contributed by atoms with Gasteiger partial charge in [0.1, 0.15) is 0 Å². The van der Waals surface area contributed by atoms with Gasteiger partial charge in [-0.25, -0.2) is 0 Å². The number of rotatable bonds is 3. The second-order valence-electron chi connectivity index (χ2n) is 5.12. The molecule has 1 aromatic rings. The summed E-state index contributed by atoms with van der Waals surface area (Å²) in [6, 6.07) is 2.64. The highest BCUT2D eigenvalue weighted by atomic mass is 15.1. The molecule has 17 heavy (non-hydrogen) atoms. The van der Waals surface area contributed by atoms with Gasteiger partial charge in [0.25, 0.3) is 0 Å². The van der Waals surface area contributed by atoms with E-state index in [0.717, 1.165) is 6.54 Å². The minimum Gasteiger partial charge on any atom is -0.319 e. The van der Waals surface area contributed by atoms with Crippen molar-refractivity contribution in [1.82, 2.24) is 15.2 Å². The van der Waals surface area contributed by atoms with Crippen molar-refractivity contribution in [3.63, 3.8) is 0 Å². The summed E-state index contributed by atoms with van der Waals surface area (Å²) in [6.45, 7) is 4.47. The van der Waals surface area contributed by atoms with E-state index in [1.807, 2.05) is 19.4 Å². The molecule has 0 radical (unpaired) electrons. The fraction of sp³-hybridized carbons (Fsp3) is 0.643. The summed E-state index contributed by atoms with van der Waals surface area (Å²) in [5.74, 6) is 0.696. The van der Waals surface area contributed by atoms with Crippen molar-refractivity contribution in [1.29, 1.82) is 0 Å². The Labute approximate surface area is 104 Å². The molecule has 1 fully saturated rings. The second kappa shape index (κ2) is 5.61. The number of pyridine rings is 1. The summed E-state index contributed by atoms with van der Waals surface area (Å²) in [5, 5.41) is 3.33. The Bertz CT molecular complexity index is 362. The first-order chi connectivity index (χ1) is 8.24. The number of aromatic nitrogens is 1. The zero-order valence-corrected chi connectivity index (χ0v) is 11.1. The number of piperidine rings is 1. The predicted octanol–water partition coefficient (Wildman–Crippen LogP) is 1.99. The van der Waals surface area contributed by atoms with Gasteiger partial charge in [0.05, 0.1) is 0 Å². The van der Waals surface area contributed by atoms with Gasteiger partial charge < -0.3 is 5.32 Å². The molecule has 1 saturated heterocycles. The fourth-order valence-corrected chi connectivity index (χ4v) is 3.01. The minimum absolute atomic E-state index is 0.518. The molecular weight excluding hydrogens is 210 g/mol. The van der Waals surface area contributed by atoms with E-state index in [9.17, 15) is 0 Å². The lowest BCUT2D eigenvalue weighted by molar-refractivity contribution is 0.120. The number of hydrogen-bond donors (Lipinski definition) is 1. The molecule has 0 spiro atoms. The third-order valence-electron chi connectivity index (χ3n) is 3.87. The van der Waals surface area contributed by atoms with Crippen LogP contribution >= 0.6 is 0 Å². The van der Waals surface area contributed by atoms with E-state index in [-0.39, 0.29) is 0 Å². The van der Waals surface area contributed by atoms with E-state index < -0.39 is 0 Å². The summed E-state index contributed by atoms with van der Waals surface area (Å²) in [5.41, 5.74) is 2.76. The van der Waals surface area contributed by atoms with Crippen LogP contribution in [0.3, 0.4) is 0 Å². The molecule has 1 aliphatic heterocycles. The SMILES string of the molecule is CNCC1CCCN(C)C1c1cnccc1C. The summed E-state index contributed by atoms with van der Waals surface area (Å²) in [4.78, 5) is 6.78. The van der Waals surface area contributed by atoms with Crippen molar-refractivity contribution in [2.75, 3.05) is 27.2 Å². The van der Waals surface area contributed by atoms with Crippen molar-refractivity contribution in [2.45, 2.75) is 25.8 Å². The molecule has 3 nitrogen and oxygen atoms in total. The monoisotopic (exact) mass is 233 g/mol. The standard InChI is InChI=1S/C14H23N3/c1-11-6-7-16-10-13(11)14-12(9-15-2)5-4-8-17(14)3/h6-7,10,12,14-15H,4-5,8-9H2,1-3H3. The number of aryl methyl sites for hydroxylation is 1. The van der Waals surface area contributed by atoms with Gasteiger partial charge in [-0.05, 0) is 70.1 Å². The van der Waals surface area contributed by atoms with E-state index in [0.29, 0.717) is 12.0 Å². The first-order valence-corrected chi connectivity index (χ1v) is 6.49. The molecule has 1 aliphatic rings. The average Bonchev–Trinajstić information content (AvgIpc) is 2.31. The zero-order valence-electron chi connectivity index (χ0n) is 11.1. The van der Waals surface area contributed by atoms with Gasteiger partial charge in [-0.15, -0.1) is 0 Å². The zero-order chi connectivity index (χ0) is 12.3. The van der Waals surface area contributed by atoms with Crippen LogP contribution in [0.5, 0.6) is 0 Å². The third-order valence-corrected chi connectivity index (χ3v) is 3.87. The lowest BCUT2D eigenvalue weighted by atomic mass is 9.84. The lowest BCUT2D eigenvalue weighted by Crippen LogP contribution is -2.40. The lowest BCUT2D eigenvalue weighted by Gasteiger charge is -2.40. The molecular formula is C14H23N3. The number of likely N-dealkylation sites (tertiary alicyclic amines) is 1. The number of nitrogens with one attached hydrogen (secondary N) is 1. The van der Waals surface area contributed by atoms with Crippen LogP contribution in [0.1, 0.15) is 30.0 Å². The van der Waals surface area contributed by atoms with Crippen molar-refractivity contribution in [2.24, 2.45) is 5.92 Å². The van der Waals surface area contributed by atoms with Crippen LogP contribution in [-0.4, -0.2) is 37.1 Å². The van der Waals surface area contributed by atoms with E-state index in [1.165, 1.54) is 30.5 Å². The van der Waals surface area contributed by atoms with Crippen LogP contribution in [0.2, 0.25) is 0 Å². The van der Waals surface area contributed by atoms with E-state index in [2.05, 4.69) is 35.2 Å². The number of nitrogens with zero attached hydrogens (tertiary/aromatic N) is 2. The van der Waals surface area contributed by atoms with Crippen LogP contribution in [0, 0.1) is 12.8 Å². The van der Waals surface area contributed by atoms with E-state index >= 15 is 0 Å². The van der Waals surface area contributed by atoms with Gasteiger partial charge in [0.15, 0.2) is 0 Å². The van der Waals surface area contributed by atoms with Crippen molar-refractivity contribution in [3.05, 3.63) is 29.6 Å². The first-order valence-electron chi connectivity index (χ1n) is 6.49. The van der Waals surface area contributed by atoms with E-state index in [1.54, 1.807) is 0 Å². The van der Waals surface area contributed by atoms with Gasteiger partial charge in [-0.2, -0.15) is 0 Å². The minimum atomic E-state index is 0.518. The Kier molecular flexibility index (Phi) is 4.13. The van der Waals surface area contributed by atoms with E-state index in [4.69, 9.17) is 0 Å². The maximum absolute atomic E-state index is 4.30. The Morgan fingerprint density at radius 3 is 3.06 bits per heavy atom. The Hall–Kier alpha value is -0.930. The van der Waals surface area contributed by atoms with Gasteiger partial charge in [-0.3, -0.25) is 9.88 Å². The molecule has 2 atom stereocenters. The molecule has 1 N–H and O–H groups in total. The Morgan fingerprint density at radius 2 is 2.35 bits per heavy atom. The molecule has 0 aromatic carbocycles. The molecule has 94 valence electrons. The Morgan fingerprint density at radius 1 is 1.53 bits per heavy atom. The van der Waals surface area contributed by atoms with Gasteiger partial charge in [0, 0.05) is 18.4 Å². The molecule has 2 unspecified atom stereocenters. The predicted molar refractivity (Wildman–Crippen MR) is 71.0 cm³/mol. The van der Waals surface area contributed by atoms with Crippen LogP contribution in [-0.2, 0) is 0 Å². The molecule has 0 bridgehead atoms. The number of hydrogen-bond acceptors (Lipinski definition) is 3. The van der Waals surface area contributed by atoms with Gasteiger partial charge >= 0.3 is 0 Å². The highest BCUT2D eigenvalue weighted by Crippen LogP contribution is 2.35. The topological polar surface area (TPSA) is 28.2 Å². The molecule has 2 heterocycles. The molecule has 0 saturated carbocycles. The maximum atomic E-state index is 4.30. The van der Waals surface area contributed by atoms with Gasteiger partial charge in [0.2, 0.25) is 0 Å². The average molecular weight is 233 g/mol. The molecule has 2 rings (SSSR count). The van der Waals surface area contributed by atoms with Crippen LogP contribution < -0.4 is 5.32 Å². The van der Waals surface area contributed by atoms with Crippen molar-refractivity contribution in [3.8, 4) is 0 Å². The largest absolute Gasteiger partial charge is 0.319 e. The quantitative estimate of drug-likeness (QED) is 0.865. The molecule has 0 aliphatic carbocycles. The second-order valence-corrected chi connectivity index (χ2v) is 5.12. The maximum Gasteiger partial charge on any atom is 0.0403 e. The highest BCUT2D eigenvalue weighted by Gasteiger charge is 2.30. The molecule has 1 aromatic heterocycles. The normalized spacial score (nSPS) is 26.1. The summed E-state index contributed by atoms with van der Waals surface area (Å²) in [6.07, 6.45) is 6.54. The first kappa shape index (κ1) is 12.5. The summed E-state index contributed by atoms with van der Waals surface area (Å²) in [7, 11) is 4.28. The third kappa shape index (κ3) is 2.67. The molecule has 3 heteroatoms. The van der Waals surface area contributed by atoms with Gasteiger partial charge in [-0.1, -0.05) is 0 Å². The van der Waals surface area contributed by atoms with Crippen LogP contribution in [0.4, 0.5) is 0 Å².